The van der Waals surface area contributed by atoms with Crippen LogP contribution < -0.4 is 9.47 Å². The summed E-state index contributed by atoms with van der Waals surface area (Å²) in [6.07, 6.45) is 8.30. The van der Waals surface area contributed by atoms with Gasteiger partial charge in [-0.25, -0.2) is 9.59 Å². The maximum Gasteiger partial charge on any atom is 0.328 e. The van der Waals surface area contributed by atoms with Crippen molar-refractivity contribution in [2.24, 2.45) is 0 Å². The van der Waals surface area contributed by atoms with Crippen LogP contribution in [-0.4, -0.2) is 75.4 Å². The first-order chi connectivity index (χ1) is 19.8. The number of nitrogens with one attached hydrogen (secondary N) is 1. The van der Waals surface area contributed by atoms with Gasteiger partial charge in [0.05, 0.1) is 19.2 Å². The summed E-state index contributed by atoms with van der Waals surface area (Å²) in [6.45, 7) is 3.35. The number of ketones is 1. The van der Waals surface area contributed by atoms with Crippen LogP contribution in [0.5, 0.6) is 11.5 Å². The van der Waals surface area contributed by atoms with Gasteiger partial charge in [-0.15, -0.1) is 0 Å². The number of carboxylic acids is 2. The zero-order valence-corrected chi connectivity index (χ0v) is 23.4. The van der Waals surface area contributed by atoms with E-state index in [1.54, 1.807) is 26.2 Å². The predicted octanol–water partition coefficient (Wildman–Crippen LogP) is 5.06. The van der Waals surface area contributed by atoms with Crippen LogP contribution in [0.15, 0.2) is 54.6 Å². The molecule has 0 amide bonds. The number of benzene rings is 2. The molecule has 0 aliphatic carbocycles. The molecule has 41 heavy (non-hydrogen) atoms. The minimum absolute atomic E-state index is 0.0268. The number of carbonyl (C=O) groups excluding carboxylic acids is 1. The van der Waals surface area contributed by atoms with Crippen LogP contribution in [0, 0.1) is 0 Å². The lowest BCUT2D eigenvalue weighted by Gasteiger charge is -2.38. The molecule has 2 aliphatic heterocycles. The quantitative estimate of drug-likeness (QED) is 0.166. The van der Waals surface area contributed by atoms with E-state index >= 15 is 0 Å². The van der Waals surface area contributed by atoms with Crippen molar-refractivity contribution in [2.45, 2.75) is 63.5 Å². The third-order valence-electron chi connectivity index (χ3n) is 7.79. The average Bonchev–Trinajstić information content (AvgIpc) is 3.49. The van der Waals surface area contributed by atoms with E-state index in [9.17, 15) is 14.4 Å². The average molecular weight is 564 g/mol. The Bertz CT molecular complexity index is 1370. The number of hydrogen-bond donors (Lipinski definition) is 3. The molecule has 2 aliphatic rings. The van der Waals surface area contributed by atoms with Gasteiger partial charge < -0.3 is 19.7 Å². The van der Waals surface area contributed by atoms with Crippen LogP contribution >= 0.6 is 0 Å². The number of methoxy groups -OCH3 is 1. The van der Waals surface area contributed by atoms with Crippen molar-refractivity contribution < 1.29 is 34.1 Å². The summed E-state index contributed by atoms with van der Waals surface area (Å²) in [7, 11) is 1.61. The van der Waals surface area contributed by atoms with E-state index in [1.807, 2.05) is 6.07 Å². The predicted molar refractivity (Wildman–Crippen MR) is 154 cm³/mol. The molecule has 5 rings (SSSR count). The largest absolute Gasteiger partial charge is 0.493 e. The maximum absolute atomic E-state index is 11.6. The molecule has 3 N–H and O–H groups in total. The summed E-state index contributed by atoms with van der Waals surface area (Å²) in [5.41, 5.74) is 3.05. The van der Waals surface area contributed by atoms with Gasteiger partial charge in [0, 0.05) is 46.8 Å². The second kappa shape index (κ2) is 13.9. The number of aliphatic carboxylic acids is 2. The fourth-order valence-electron chi connectivity index (χ4n) is 5.89. The Hall–Kier alpha value is -4.18. The van der Waals surface area contributed by atoms with E-state index in [0.29, 0.717) is 53.8 Å². The lowest BCUT2D eigenvalue weighted by Crippen LogP contribution is -2.42. The van der Waals surface area contributed by atoms with E-state index in [0.717, 1.165) is 24.9 Å². The van der Waals surface area contributed by atoms with Crippen molar-refractivity contribution in [2.75, 3.05) is 20.3 Å². The van der Waals surface area contributed by atoms with Crippen molar-refractivity contribution in [1.82, 2.24) is 15.1 Å². The van der Waals surface area contributed by atoms with Crippen LogP contribution in [0.4, 0.5) is 0 Å². The van der Waals surface area contributed by atoms with Gasteiger partial charge in [-0.1, -0.05) is 18.2 Å². The molecule has 0 radical (unpaired) electrons. The topological polar surface area (TPSA) is 142 Å². The van der Waals surface area contributed by atoms with Crippen LogP contribution in [0.25, 0.3) is 10.9 Å². The van der Waals surface area contributed by atoms with Gasteiger partial charge >= 0.3 is 11.9 Å². The molecular weight excluding hydrogens is 526 g/mol. The number of ether oxygens (including phenoxy) is 2. The minimum Gasteiger partial charge on any atom is -0.493 e. The number of aromatic amines is 1. The highest BCUT2D eigenvalue weighted by Crippen LogP contribution is 2.44. The number of unbranched alkanes of at least 4 members (excludes halogenated alkanes) is 1. The van der Waals surface area contributed by atoms with E-state index < -0.39 is 11.9 Å². The number of carboxylic acid groups (broad SMARTS) is 2. The summed E-state index contributed by atoms with van der Waals surface area (Å²) in [5, 5.41) is 24.8. The zero-order chi connectivity index (χ0) is 29.4. The molecular formula is C31H37N3O7. The van der Waals surface area contributed by atoms with Gasteiger partial charge in [0.2, 0.25) is 0 Å². The molecule has 2 bridgehead atoms. The molecule has 10 nitrogen and oxygen atoms in total. The molecule has 2 saturated heterocycles. The van der Waals surface area contributed by atoms with E-state index in [1.165, 1.54) is 36.8 Å². The summed E-state index contributed by atoms with van der Waals surface area (Å²) < 4.78 is 11.4. The summed E-state index contributed by atoms with van der Waals surface area (Å²) >= 11 is 0. The fourth-order valence-corrected chi connectivity index (χ4v) is 5.89. The molecule has 1 aromatic heterocycles. The Labute approximate surface area is 239 Å². The number of hydrogen-bond acceptors (Lipinski definition) is 7. The second-order valence-corrected chi connectivity index (χ2v) is 10.4. The number of aromatic nitrogens is 2. The van der Waals surface area contributed by atoms with Crippen LogP contribution in [0.2, 0.25) is 0 Å². The van der Waals surface area contributed by atoms with Gasteiger partial charge in [-0.3, -0.25) is 14.8 Å². The number of fused-ring (bicyclic) bond motifs is 3. The van der Waals surface area contributed by atoms with E-state index in [4.69, 9.17) is 19.7 Å². The third kappa shape index (κ3) is 7.73. The lowest BCUT2D eigenvalue weighted by atomic mass is 9.86. The number of Topliss-reactive ketones (excluding diaryl/α,β-unsaturated/α-hetero) is 1. The van der Waals surface area contributed by atoms with Crippen LogP contribution in [-0.2, 0) is 9.59 Å². The van der Waals surface area contributed by atoms with Crippen molar-refractivity contribution in [3.8, 4) is 11.5 Å². The minimum atomic E-state index is -1.26. The molecule has 3 heterocycles. The Morgan fingerprint density at radius 3 is 2.32 bits per heavy atom. The summed E-state index contributed by atoms with van der Waals surface area (Å²) in [4.78, 5) is 33.4. The first-order valence-corrected chi connectivity index (χ1v) is 13.9. The molecule has 2 fully saturated rings. The molecule has 2 aromatic carbocycles. The molecule has 2 atom stereocenters. The van der Waals surface area contributed by atoms with Crippen molar-refractivity contribution >= 4 is 28.6 Å². The van der Waals surface area contributed by atoms with Crippen LogP contribution in [0.3, 0.4) is 0 Å². The van der Waals surface area contributed by atoms with Crippen molar-refractivity contribution in [3.63, 3.8) is 0 Å². The standard InChI is InChI=1S/C27H33N3O3.C4H4O4/c1-18(31)19-9-12-25(26(17-19)32-2)33-14-6-5-13-30-21-10-11-22(30)16-20(15-21)27-23-7-3-4-8-24(23)28-29-27;5-3(6)1-2-4(7)8/h3-4,7-9,12,17,20-22H,5-6,10-11,13-16H2,1-2H3,(H,28,29);1-2H,(H,5,6)(H,7,8)/b;2-1+. The van der Waals surface area contributed by atoms with Crippen LogP contribution in [0.1, 0.15) is 67.4 Å². The third-order valence-corrected chi connectivity index (χ3v) is 7.79. The lowest BCUT2D eigenvalue weighted by molar-refractivity contribution is -0.134. The van der Waals surface area contributed by atoms with Crippen molar-refractivity contribution in [3.05, 3.63) is 65.9 Å². The molecule has 0 saturated carbocycles. The molecule has 0 spiro atoms. The molecule has 2 unspecified atom stereocenters. The normalized spacial score (nSPS) is 20.0. The number of para-hydroxylation sites is 1. The summed E-state index contributed by atoms with van der Waals surface area (Å²) in [6, 6.07) is 15.2. The Kier molecular flexibility index (Phi) is 10.1. The second-order valence-electron chi connectivity index (χ2n) is 10.4. The van der Waals surface area contributed by atoms with Gasteiger partial charge in [-0.05, 0) is 76.3 Å². The number of nitrogens with zero attached hydrogens (tertiary/aromatic N) is 2. The van der Waals surface area contributed by atoms with Crippen molar-refractivity contribution in [1.29, 1.82) is 0 Å². The van der Waals surface area contributed by atoms with Gasteiger partial charge in [-0.2, -0.15) is 5.10 Å². The molecule has 218 valence electrons. The number of carbonyl (C=O) groups is 3. The first kappa shape index (κ1) is 29.8. The fraction of sp³-hybridized carbons (Fsp3) is 0.419. The Morgan fingerprint density at radius 2 is 1.68 bits per heavy atom. The highest BCUT2D eigenvalue weighted by molar-refractivity contribution is 5.94. The van der Waals surface area contributed by atoms with E-state index in [-0.39, 0.29) is 5.78 Å². The van der Waals surface area contributed by atoms with Gasteiger partial charge in [0.15, 0.2) is 17.3 Å². The Balaban J connectivity index is 0.000000426. The summed E-state index contributed by atoms with van der Waals surface area (Å²) in [5.74, 6) is -0.581. The number of rotatable bonds is 11. The monoisotopic (exact) mass is 563 g/mol. The van der Waals surface area contributed by atoms with Gasteiger partial charge in [0.25, 0.3) is 0 Å². The zero-order valence-electron chi connectivity index (χ0n) is 23.4. The first-order valence-electron chi connectivity index (χ1n) is 13.9. The number of piperidine rings is 1. The van der Waals surface area contributed by atoms with Gasteiger partial charge in [0.1, 0.15) is 0 Å². The maximum atomic E-state index is 11.6. The number of H-pyrrole nitrogens is 1. The highest BCUT2D eigenvalue weighted by Gasteiger charge is 2.41. The Morgan fingerprint density at radius 1 is 1.00 bits per heavy atom. The molecule has 10 heteroatoms. The van der Waals surface area contributed by atoms with E-state index in [2.05, 4.69) is 39.4 Å². The molecule has 3 aromatic rings. The SMILES string of the molecule is COc1cc(C(C)=O)ccc1OCCCCN1C2CCC1CC(c1[nH]nc3ccccc13)C2.O=C(O)/C=C/C(=O)O. The smallest absolute Gasteiger partial charge is 0.328 e. The highest BCUT2D eigenvalue weighted by atomic mass is 16.5.